The minimum atomic E-state index is -0.139. The van der Waals surface area contributed by atoms with Gasteiger partial charge in [-0.05, 0) is 43.0 Å². The van der Waals surface area contributed by atoms with Crippen molar-refractivity contribution in [3.8, 4) is 11.3 Å². The predicted octanol–water partition coefficient (Wildman–Crippen LogP) is 5.88. The number of nitrogens with zero attached hydrogens (tertiary/aromatic N) is 2. The summed E-state index contributed by atoms with van der Waals surface area (Å²) in [5.41, 5.74) is 7.85. The molecule has 0 radical (unpaired) electrons. The Kier molecular flexibility index (Phi) is 4.84. The van der Waals surface area contributed by atoms with E-state index in [1.807, 2.05) is 18.2 Å². The number of benzene rings is 3. The number of aryl methyl sites for hydroxylation is 2. The maximum absolute atomic E-state index is 13.7. The highest BCUT2D eigenvalue weighted by atomic mass is 16.5. The van der Waals surface area contributed by atoms with Crippen molar-refractivity contribution in [3.63, 3.8) is 0 Å². The summed E-state index contributed by atoms with van der Waals surface area (Å²) in [4.78, 5) is 15.7. The summed E-state index contributed by atoms with van der Waals surface area (Å²) in [7, 11) is 2.13. The van der Waals surface area contributed by atoms with Crippen molar-refractivity contribution in [1.82, 2.24) is 9.47 Å². The molecule has 0 spiro atoms. The van der Waals surface area contributed by atoms with Gasteiger partial charge in [-0.15, -0.1) is 0 Å². The van der Waals surface area contributed by atoms with Crippen LogP contribution < -0.4 is 0 Å². The number of para-hydroxylation sites is 1. The second kappa shape index (κ2) is 7.89. The first kappa shape index (κ1) is 20.3. The minimum absolute atomic E-state index is 0.101. The van der Waals surface area contributed by atoms with Crippen LogP contribution in [0.25, 0.3) is 22.2 Å². The van der Waals surface area contributed by atoms with Crippen molar-refractivity contribution in [1.29, 1.82) is 0 Å². The summed E-state index contributed by atoms with van der Waals surface area (Å²) in [6.07, 6.45) is 2.17. The van der Waals surface area contributed by atoms with Gasteiger partial charge in [-0.2, -0.15) is 0 Å². The van der Waals surface area contributed by atoms with Gasteiger partial charge in [-0.1, -0.05) is 66.2 Å². The zero-order valence-electron chi connectivity index (χ0n) is 19.1. The average Bonchev–Trinajstić information content (AvgIpc) is 3.52. The second-order valence-corrected chi connectivity index (χ2v) is 9.29. The van der Waals surface area contributed by atoms with E-state index in [1.165, 1.54) is 33.3 Å². The maximum Gasteiger partial charge on any atom is 0.255 e. The van der Waals surface area contributed by atoms with E-state index in [9.17, 15) is 4.79 Å². The monoisotopic (exact) mass is 436 g/mol. The summed E-state index contributed by atoms with van der Waals surface area (Å²) in [5, 5.41) is 1.20. The largest absolute Gasteiger partial charge is 0.376 e. The maximum atomic E-state index is 13.7. The predicted molar refractivity (Wildman–Crippen MR) is 131 cm³/mol. The number of aromatic nitrogens is 1. The number of carbonyl (C=O) groups excluding carboxylic acids is 1. The Balaban J connectivity index is 1.61. The van der Waals surface area contributed by atoms with Crippen molar-refractivity contribution in [2.45, 2.75) is 31.9 Å². The van der Waals surface area contributed by atoms with Gasteiger partial charge in [0.25, 0.3) is 5.91 Å². The fourth-order valence-electron chi connectivity index (χ4n) is 5.64. The molecular formula is C29H28N2O2. The smallest absolute Gasteiger partial charge is 0.255 e. The van der Waals surface area contributed by atoms with Crippen molar-refractivity contribution in [2.75, 3.05) is 13.2 Å². The van der Waals surface area contributed by atoms with E-state index in [1.54, 1.807) is 0 Å². The molecule has 4 nitrogen and oxygen atoms in total. The average molecular weight is 437 g/mol. The molecule has 6 rings (SSSR count). The van der Waals surface area contributed by atoms with E-state index in [2.05, 4.69) is 78.0 Å². The second-order valence-electron chi connectivity index (χ2n) is 9.29. The first-order valence-electron chi connectivity index (χ1n) is 11.8. The molecule has 3 heterocycles. The molecule has 4 heteroatoms. The van der Waals surface area contributed by atoms with Crippen molar-refractivity contribution < 1.29 is 9.53 Å². The summed E-state index contributed by atoms with van der Waals surface area (Å²) in [6.45, 7) is 3.52. The number of fused-ring (bicyclic) bond motifs is 2. The highest BCUT2D eigenvalue weighted by Crippen LogP contribution is 2.46. The minimum Gasteiger partial charge on any atom is -0.376 e. The number of ether oxygens (including phenoxy) is 1. The zero-order chi connectivity index (χ0) is 22.5. The van der Waals surface area contributed by atoms with Crippen LogP contribution in [0.3, 0.4) is 0 Å². The Hall–Kier alpha value is -3.37. The Morgan fingerprint density at radius 2 is 1.73 bits per heavy atom. The number of hydrogen-bond acceptors (Lipinski definition) is 2. The highest BCUT2D eigenvalue weighted by molar-refractivity contribution is 6.02. The van der Waals surface area contributed by atoms with Gasteiger partial charge >= 0.3 is 0 Å². The SMILES string of the molecule is Cc1ccc(-c2c([C@H]3c4ccccc4C(=O)N3C[C@@H]3CCCO3)c3ccccc3n2C)cc1. The molecule has 2 aliphatic heterocycles. The van der Waals surface area contributed by atoms with Crippen molar-refractivity contribution >= 4 is 16.8 Å². The molecule has 4 aromatic rings. The van der Waals surface area contributed by atoms with E-state index >= 15 is 0 Å². The quantitative estimate of drug-likeness (QED) is 0.400. The van der Waals surface area contributed by atoms with Crippen LogP contribution in [-0.4, -0.2) is 34.6 Å². The number of rotatable bonds is 4. The molecular weight excluding hydrogens is 408 g/mol. The Labute approximate surface area is 194 Å². The van der Waals surface area contributed by atoms with Crippen LogP contribution in [0.2, 0.25) is 0 Å². The molecule has 166 valence electrons. The lowest BCUT2D eigenvalue weighted by molar-refractivity contribution is 0.0501. The van der Waals surface area contributed by atoms with Gasteiger partial charge in [0.15, 0.2) is 0 Å². The molecule has 1 aromatic heterocycles. The molecule has 0 unspecified atom stereocenters. The highest BCUT2D eigenvalue weighted by Gasteiger charge is 2.41. The molecule has 0 N–H and O–H groups in total. The van der Waals surface area contributed by atoms with Crippen LogP contribution in [0.4, 0.5) is 0 Å². The third-order valence-corrected chi connectivity index (χ3v) is 7.23. The van der Waals surface area contributed by atoms with E-state index in [-0.39, 0.29) is 18.1 Å². The van der Waals surface area contributed by atoms with Crippen LogP contribution in [-0.2, 0) is 11.8 Å². The van der Waals surface area contributed by atoms with Gasteiger partial charge in [-0.25, -0.2) is 0 Å². The molecule has 3 aromatic carbocycles. The molecule has 0 saturated carbocycles. The zero-order valence-corrected chi connectivity index (χ0v) is 19.1. The first-order valence-corrected chi connectivity index (χ1v) is 11.8. The topological polar surface area (TPSA) is 34.5 Å². The third kappa shape index (κ3) is 3.20. The molecule has 0 bridgehead atoms. The van der Waals surface area contributed by atoms with Crippen LogP contribution >= 0.6 is 0 Å². The van der Waals surface area contributed by atoms with Crippen molar-refractivity contribution in [3.05, 3.63) is 95.1 Å². The lowest BCUT2D eigenvalue weighted by Crippen LogP contribution is -2.36. The first-order chi connectivity index (χ1) is 16.1. The van der Waals surface area contributed by atoms with Gasteiger partial charge in [-0.3, -0.25) is 4.79 Å². The molecule has 2 atom stereocenters. The Morgan fingerprint density at radius 3 is 2.52 bits per heavy atom. The van der Waals surface area contributed by atoms with Gasteiger partial charge in [0.05, 0.1) is 17.8 Å². The molecule has 1 fully saturated rings. The van der Waals surface area contributed by atoms with Crippen LogP contribution in [0.1, 0.15) is 45.9 Å². The molecule has 1 amide bonds. The lowest BCUT2D eigenvalue weighted by atomic mass is 9.93. The van der Waals surface area contributed by atoms with Crippen LogP contribution in [0.5, 0.6) is 0 Å². The Bertz CT molecular complexity index is 1350. The lowest BCUT2D eigenvalue weighted by Gasteiger charge is -2.29. The normalized spacial score (nSPS) is 20.1. The summed E-state index contributed by atoms with van der Waals surface area (Å²) in [5.74, 6) is 0.105. The van der Waals surface area contributed by atoms with Gasteiger partial charge in [0.1, 0.15) is 0 Å². The number of hydrogen-bond donors (Lipinski definition) is 0. The molecule has 1 saturated heterocycles. The van der Waals surface area contributed by atoms with E-state index < -0.39 is 0 Å². The van der Waals surface area contributed by atoms with E-state index in [0.717, 1.165) is 30.6 Å². The number of carbonyl (C=O) groups is 1. The van der Waals surface area contributed by atoms with E-state index in [0.29, 0.717) is 6.54 Å². The third-order valence-electron chi connectivity index (χ3n) is 7.23. The van der Waals surface area contributed by atoms with Gasteiger partial charge in [0.2, 0.25) is 0 Å². The molecule has 0 aliphatic carbocycles. The van der Waals surface area contributed by atoms with E-state index in [4.69, 9.17) is 4.74 Å². The molecule has 33 heavy (non-hydrogen) atoms. The van der Waals surface area contributed by atoms with Gasteiger partial charge < -0.3 is 14.2 Å². The van der Waals surface area contributed by atoms with Crippen LogP contribution in [0, 0.1) is 6.92 Å². The summed E-state index contributed by atoms with van der Waals surface area (Å²) < 4.78 is 8.25. The van der Waals surface area contributed by atoms with Crippen molar-refractivity contribution in [2.24, 2.45) is 7.05 Å². The number of amides is 1. The fraction of sp³-hybridized carbons (Fsp3) is 0.276. The summed E-state index contributed by atoms with van der Waals surface area (Å²) >= 11 is 0. The van der Waals surface area contributed by atoms with Crippen LogP contribution in [0.15, 0.2) is 72.8 Å². The standard InChI is InChI=1S/C29H28N2O2/c1-19-13-15-20(16-14-19)27-26(24-11-5-6-12-25(24)30(27)2)28-22-9-3-4-10-23(22)29(32)31(28)18-21-8-7-17-33-21/h3-6,9-16,21,28H,7-8,17-18H2,1-2H3/t21-,28+/m0/s1. The van der Waals surface area contributed by atoms with Gasteiger partial charge in [0, 0.05) is 42.2 Å². The Morgan fingerprint density at radius 1 is 0.970 bits per heavy atom. The molecule has 2 aliphatic rings. The summed E-state index contributed by atoms with van der Waals surface area (Å²) in [6, 6.07) is 25.2. The fourth-order valence-corrected chi connectivity index (χ4v) is 5.64.